The van der Waals surface area contributed by atoms with Crippen molar-refractivity contribution in [3.63, 3.8) is 0 Å². The zero-order chi connectivity index (χ0) is 20.5. The second-order valence-electron chi connectivity index (χ2n) is 7.77. The van der Waals surface area contributed by atoms with Crippen LogP contribution < -0.4 is 0 Å². The monoisotopic (exact) mass is 403 g/mol. The van der Waals surface area contributed by atoms with Crippen LogP contribution in [-0.2, 0) is 6.54 Å². The van der Waals surface area contributed by atoms with Crippen LogP contribution >= 0.6 is 0 Å². The van der Waals surface area contributed by atoms with Crippen LogP contribution in [-0.4, -0.2) is 43.6 Å². The highest BCUT2D eigenvalue weighted by Gasteiger charge is 2.25. The molecule has 7 heteroatoms. The van der Waals surface area contributed by atoms with E-state index in [4.69, 9.17) is 4.98 Å². The van der Waals surface area contributed by atoms with Crippen molar-refractivity contribution in [2.24, 2.45) is 5.92 Å². The number of hydrogen-bond acceptors (Lipinski definition) is 3. The number of rotatable bonds is 4. The number of nitrogens with one attached hydrogen (secondary N) is 1. The number of fused-ring (bicyclic) bond motifs is 1. The number of carbonyl (C=O) groups is 1. The molecular weight excluding hydrogens is 381 g/mol. The van der Waals surface area contributed by atoms with E-state index in [0.29, 0.717) is 19.0 Å². The fourth-order valence-corrected chi connectivity index (χ4v) is 4.19. The maximum atomic E-state index is 13.9. The van der Waals surface area contributed by atoms with Crippen molar-refractivity contribution < 1.29 is 9.18 Å². The molecule has 0 saturated carbocycles. The maximum absolute atomic E-state index is 13.9. The van der Waals surface area contributed by atoms with Crippen LogP contribution in [0.3, 0.4) is 0 Å². The number of aromatic nitrogens is 4. The molecule has 1 aliphatic rings. The molecule has 1 saturated heterocycles. The average molecular weight is 403 g/mol. The van der Waals surface area contributed by atoms with Crippen LogP contribution in [0.5, 0.6) is 0 Å². The number of halogens is 1. The Hall–Kier alpha value is -3.48. The van der Waals surface area contributed by atoms with E-state index in [2.05, 4.69) is 27.0 Å². The molecule has 0 bridgehead atoms. The maximum Gasteiger partial charge on any atom is 0.256 e. The summed E-state index contributed by atoms with van der Waals surface area (Å²) in [4.78, 5) is 19.1. The van der Waals surface area contributed by atoms with E-state index in [9.17, 15) is 9.18 Å². The lowest BCUT2D eigenvalue weighted by Crippen LogP contribution is -2.39. The molecule has 4 heterocycles. The third-order valence-electron chi connectivity index (χ3n) is 5.88. The van der Waals surface area contributed by atoms with Gasteiger partial charge in [-0.2, -0.15) is 5.10 Å². The second kappa shape index (κ2) is 7.74. The number of pyridine rings is 1. The summed E-state index contributed by atoms with van der Waals surface area (Å²) in [5.74, 6) is -0.196. The molecule has 1 N–H and O–H groups in total. The smallest absolute Gasteiger partial charge is 0.256 e. The Kier molecular flexibility index (Phi) is 4.78. The number of nitrogens with zero attached hydrogens (tertiary/aromatic N) is 4. The Labute approximate surface area is 173 Å². The van der Waals surface area contributed by atoms with Gasteiger partial charge in [-0.05, 0) is 49.1 Å². The molecule has 0 unspecified atom stereocenters. The summed E-state index contributed by atoms with van der Waals surface area (Å²) < 4.78 is 16.2. The topological polar surface area (TPSA) is 66.8 Å². The molecule has 0 atom stereocenters. The van der Waals surface area contributed by atoms with Crippen LogP contribution in [0.1, 0.15) is 23.2 Å². The fraction of sp³-hybridized carbons (Fsp3) is 0.261. The highest BCUT2D eigenvalue weighted by molar-refractivity contribution is 5.94. The van der Waals surface area contributed by atoms with Gasteiger partial charge in [0, 0.05) is 37.6 Å². The van der Waals surface area contributed by atoms with Gasteiger partial charge < -0.3 is 9.47 Å². The quantitative estimate of drug-likeness (QED) is 0.557. The van der Waals surface area contributed by atoms with Gasteiger partial charge in [-0.15, -0.1) is 0 Å². The van der Waals surface area contributed by atoms with Crippen LogP contribution in [0.15, 0.2) is 61.1 Å². The van der Waals surface area contributed by atoms with Gasteiger partial charge in [-0.3, -0.25) is 9.89 Å². The van der Waals surface area contributed by atoms with Crippen molar-refractivity contribution >= 4 is 16.9 Å². The fourth-order valence-electron chi connectivity index (χ4n) is 4.19. The molecule has 3 aromatic heterocycles. The van der Waals surface area contributed by atoms with E-state index in [-0.39, 0.29) is 11.5 Å². The lowest BCUT2D eigenvalue weighted by Gasteiger charge is -2.32. The summed E-state index contributed by atoms with van der Waals surface area (Å²) in [7, 11) is 0. The minimum Gasteiger partial charge on any atom is -0.346 e. The van der Waals surface area contributed by atoms with E-state index in [1.165, 1.54) is 6.07 Å². The van der Waals surface area contributed by atoms with Gasteiger partial charge in [0.25, 0.3) is 5.91 Å². The normalized spacial score (nSPS) is 15.0. The third kappa shape index (κ3) is 3.47. The molecule has 152 valence electrons. The van der Waals surface area contributed by atoms with Crippen LogP contribution in [0.25, 0.3) is 22.3 Å². The molecule has 4 aromatic rings. The summed E-state index contributed by atoms with van der Waals surface area (Å²) in [5, 5.41) is 6.80. The molecule has 1 amide bonds. The summed E-state index contributed by atoms with van der Waals surface area (Å²) >= 11 is 0. The Morgan fingerprint density at radius 2 is 1.97 bits per heavy atom. The van der Waals surface area contributed by atoms with Gasteiger partial charge >= 0.3 is 0 Å². The highest BCUT2D eigenvalue weighted by Crippen LogP contribution is 2.25. The zero-order valence-electron chi connectivity index (χ0n) is 16.5. The second-order valence-corrected chi connectivity index (χ2v) is 7.77. The third-order valence-corrected chi connectivity index (χ3v) is 5.88. The number of benzene rings is 1. The number of aromatic amines is 1. The summed E-state index contributed by atoms with van der Waals surface area (Å²) in [6.07, 6.45) is 7.48. The Balaban J connectivity index is 1.25. The molecule has 0 aliphatic carbocycles. The molecule has 5 rings (SSSR count). The number of amides is 1. The van der Waals surface area contributed by atoms with Gasteiger partial charge in [-0.25, -0.2) is 9.37 Å². The van der Waals surface area contributed by atoms with Crippen LogP contribution in [0, 0.1) is 11.7 Å². The number of H-pyrrole nitrogens is 1. The summed E-state index contributed by atoms with van der Waals surface area (Å²) in [6, 6.07) is 12.3. The van der Waals surface area contributed by atoms with Crippen molar-refractivity contribution in [3.05, 3.63) is 72.4 Å². The summed E-state index contributed by atoms with van der Waals surface area (Å²) in [6.45, 7) is 2.19. The van der Waals surface area contributed by atoms with E-state index < -0.39 is 5.82 Å². The zero-order valence-corrected chi connectivity index (χ0v) is 16.5. The number of piperidine rings is 1. The number of carbonyl (C=O) groups excluding carboxylic acids is 1. The van der Waals surface area contributed by atoms with Crippen molar-refractivity contribution in [3.8, 4) is 11.3 Å². The van der Waals surface area contributed by atoms with E-state index in [0.717, 1.165) is 41.7 Å². The largest absolute Gasteiger partial charge is 0.346 e. The van der Waals surface area contributed by atoms with E-state index >= 15 is 0 Å². The summed E-state index contributed by atoms with van der Waals surface area (Å²) in [5.41, 5.74) is 4.09. The average Bonchev–Trinajstić information content (AvgIpc) is 3.44. The predicted molar refractivity (Wildman–Crippen MR) is 112 cm³/mol. The molecule has 1 fully saturated rings. The Morgan fingerprint density at radius 1 is 1.13 bits per heavy atom. The molecule has 30 heavy (non-hydrogen) atoms. The lowest BCUT2D eigenvalue weighted by atomic mass is 9.96. The molecule has 1 aromatic carbocycles. The van der Waals surface area contributed by atoms with Gasteiger partial charge in [0.2, 0.25) is 0 Å². The van der Waals surface area contributed by atoms with E-state index in [1.54, 1.807) is 29.3 Å². The van der Waals surface area contributed by atoms with Crippen LogP contribution in [0.2, 0.25) is 0 Å². The van der Waals surface area contributed by atoms with Crippen molar-refractivity contribution in [1.82, 2.24) is 24.6 Å². The Morgan fingerprint density at radius 3 is 2.73 bits per heavy atom. The number of hydrogen-bond donors (Lipinski definition) is 1. The first-order chi connectivity index (χ1) is 14.7. The van der Waals surface area contributed by atoms with Crippen molar-refractivity contribution in [1.29, 1.82) is 0 Å². The first-order valence-electron chi connectivity index (χ1n) is 10.2. The highest BCUT2D eigenvalue weighted by atomic mass is 19.1. The SMILES string of the molecule is O=C(c1ccccc1F)N1CCC(Cn2ccc3nc(-c4cn[nH]c4)ccc32)CC1. The standard InChI is InChI=1S/C23H22FN5O/c24-19-4-2-1-3-18(19)23(30)28-10-7-16(8-11-28)15-29-12-9-21-22(29)6-5-20(27-21)17-13-25-26-14-17/h1-6,9,12-14,16H,7-8,10-11,15H2,(H,25,26). The lowest BCUT2D eigenvalue weighted by molar-refractivity contribution is 0.0679. The van der Waals surface area contributed by atoms with Gasteiger partial charge in [0.05, 0.1) is 28.5 Å². The van der Waals surface area contributed by atoms with Gasteiger partial charge in [-0.1, -0.05) is 12.1 Å². The molecule has 6 nitrogen and oxygen atoms in total. The molecule has 1 aliphatic heterocycles. The minimum absolute atomic E-state index is 0.159. The number of likely N-dealkylation sites (tertiary alicyclic amines) is 1. The molecule has 0 spiro atoms. The molecular formula is C23H22FN5O. The minimum atomic E-state index is -0.453. The first-order valence-corrected chi connectivity index (χ1v) is 10.2. The van der Waals surface area contributed by atoms with Crippen molar-refractivity contribution in [2.75, 3.05) is 13.1 Å². The molecule has 0 radical (unpaired) electrons. The van der Waals surface area contributed by atoms with E-state index in [1.807, 2.05) is 18.3 Å². The van der Waals surface area contributed by atoms with Crippen LogP contribution in [0.4, 0.5) is 4.39 Å². The van der Waals surface area contributed by atoms with Gasteiger partial charge in [0.1, 0.15) is 5.82 Å². The predicted octanol–water partition coefficient (Wildman–Crippen LogP) is 4.12. The van der Waals surface area contributed by atoms with Crippen molar-refractivity contribution in [2.45, 2.75) is 19.4 Å². The first kappa shape index (κ1) is 18.5. The Bertz CT molecular complexity index is 1180. The van der Waals surface area contributed by atoms with Gasteiger partial charge in [0.15, 0.2) is 0 Å².